The quantitative estimate of drug-likeness (QED) is 0.584. The van der Waals surface area contributed by atoms with Gasteiger partial charge in [0, 0.05) is 5.56 Å². The van der Waals surface area contributed by atoms with E-state index >= 15 is 0 Å². The normalized spacial score (nSPS) is 11.2. The maximum absolute atomic E-state index is 13.1. The van der Waals surface area contributed by atoms with Crippen molar-refractivity contribution >= 4 is 22.8 Å². The number of aromatic nitrogens is 6. The summed E-state index contributed by atoms with van der Waals surface area (Å²) in [6, 6.07) is 5.79. The van der Waals surface area contributed by atoms with Crippen molar-refractivity contribution in [3.05, 3.63) is 53.0 Å². The average molecular weight is 340 g/mol. The molecule has 10 heteroatoms. The summed E-state index contributed by atoms with van der Waals surface area (Å²) < 4.78 is 15.4. The summed E-state index contributed by atoms with van der Waals surface area (Å²) in [5, 5.41) is 20.9. The fourth-order valence-corrected chi connectivity index (χ4v) is 2.49. The molecule has 0 saturated heterocycles. The molecule has 4 rings (SSSR count). The molecule has 0 aliphatic rings. The largest absolute Gasteiger partial charge is 0.480 e. The monoisotopic (exact) mass is 340 g/mol. The Morgan fingerprint density at radius 2 is 1.92 bits per heavy atom. The number of carbonyl (C=O) groups is 1. The third-order valence-corrected chi connectivity index (χ3v) is 3.64. The summed E-state index contributed by atoms with van der Waals surface area (Å²) in [6.07, 6.45) is 2.64. The maximum atomic E-state index is 13.1. The molecule has 0 radical (unpaired) electrons. The number of carboxylic acid groups (broad SMARTS) is 1. The van der Waals surface area contributed by atoms with Crippen molar-refractivity contribution in [3.63, 3.8) is 0 Å². The third-order valence-electron chi connectivity index (χ3n) is 3.64. The highest BCUT2D eigenvalue weighted by Gasteiger charge is 2.16. The molecular weight excluding hydrogens is 331 g/mol. The molecule has 1 aromatic carbocycles. The minimum absolute atomic E-state index is 0.0926. The van der Waals surface area contributed by atoms with Crippen LogP contribution >= 0.6 is 0 Å². The first kappa shape index (κ1) is 14.9. The van der Waals surface area contributed by atoms with E-state index < -0.39 is 18.1 Å². The Bertz CT molecular complexity index is 1180. The Hall–Kier alpha value is -3.69. The minimum Gasteiger partial charge on any atom is -0.480 e. The molecule has 0 amide bonds. The summed E-state index contributed by atoms with van der Waals surface area (Å²) in [4.78, 5) is 27.2. The van der Waals surface area contributed by atoms with E-state index in [9.17, 15) is 14.0 Å². The standard InChI is InChI=1S/C15H9FN6O3/c16-9-3-1-8(2-4-9)10-5-18-22-13(10)20-19-12-14(22)17-7-21(15(12)25)6-11(23)24/h1-5,7H,6H2,(H,23,24). The number of carboxylic acids is 1. The molecule has 0 unspecified atom stereocenters. The van der Waals surface area contributed by atoms with Gasteiger partial charge in [-0.15, -0.1) is 10.2 Å². The zero-order valence-corrected chi connectivity index (χ0v) is 12.5. The van der Waals surface area contributed by atoms with E-state index in [0.717, 1.165) is 10.9 Å². The second kappa shape index (κ2) is 5.44. The number of benzene rings is 1. The first-order chi connectivity index (χ1) is 12.0. The SMILES string of the molecule is O=C(O)Cn1cnc2c(nnc3c(-c4ccc(F)cc4)cnn32)c1=O. The molecule has 0 spiro atoms. The molecule has 0 aliphatic heterocycles. The molecule has 9 nitrogen and oxygen atoms in total. The fraction of sp³-hybridized carbons (Fsp3) is 0.0667. The molecule has 0 atom stereocenters. The lowest BCUT2D eigenvalue weighted by Gasteiger charge is -2.04. The molecule has 1 N–H and O–H groups in total. The van der Waals surface area contributed by atoms with Gasteiger partial charge in [-0.05, 0) is 17.7 Å². The van der Waals surface area contributed by atoms with Crippen molar-refractivity contribution in [1.29, 1.82) is 0 Å². The molecule has 0 fully saturated rings. The van der Waals surface area contributed by atoms with Crippen molar-refractivity contribution in [1.82, 2.24) is 29.4 Å². The second-order valence-electron chi connectivity index (χ2n) is 5.24. The minimum atomic E-state index is -1.17. The van der Waals surface area contributed by atoms with E-state index in [2.05, 4.69) is 20.3 Å². The van der Waals surface area contributed by atoms with Crippen LogP contribution in [0.1, 0.15) is 0 Å². The number of hydrogen-bond donors (Lipinski definition) is 1. The van der Waals surface area contributed by atoms with Gasteiger partial charge in [-0.2, -0.15) is 9.61 Å². The molecular formula is C15H9FN6O3. The molecule has 3 heterocycles. The first-order valence-corrected chi connectivity index (χ1v) is 7.12. The summed E-state index contributed by atoms with van der Waals surface area (Å²) >= 11 is 0. The van der Waals surface area contributed by atoms with Crippen molar-refractivity contribution in [2.45, 2.75) is 6.54 Å². The summed E-state index contributed by atoms with van der Waals surface area (Å²) in [7, 11) is 0. The number of halogens is 1. The van der Waals surface area contributed by atoms with Crippen LogP contribution in [0.15, 0.2) is 41.6 Å². The number of nitrogens with zero attached hydrogens (tertiary/aromatic N) is 6. The van der Waals surface area contributed by atoms with Crippen molar-refractivity contribution in [2.24, 2.45) is 0 Å². The van der Waals surface area contributed by atoms with Gasteiger partial charge < -0.3 is 5.11 Å². The van der Waals surface area contributed by atoms with Gasteiger partial charge in [-0.1, -0.05) is 12.1 Å². The summed E-state index contributed by atoms with van der Waals surface area (Å²) in [5.74, 6) is -1.53. The predicted molar refractivity (Wildman–Crippen MR) is 83.4 cm³/mol. The van der Waals surface area contributed by atoms with E-state index in [-0.39, 0.29) is 17.0 Å². The Balaban J connectivity index is 1.94. The Labute approximate surface area is 138 Å². The molecule has 0 bridgehead atoms. The molecule has 4 aromatic rings. The zero-order chi connectivity index (χ0) is 17.6. The smallest absolute Gasteiger partial charge is 0.323 e. The lowest BCUT2D eigenvalue weighted by molar-refractivity contribution is -0.137. The second-order valence-corrected chi connectivity index (χ2v) is 5.24. The van der Waals surface area contributed by atoms with E-state index in [1.165, 1.54) is 22.8 Å². The Kier molecular flexibility index (Phi) is 3.24. The van der Waals surface area contributed by atoms with Crippen LogP contribution in [0, 0.1) is 5.82 Å². The Morgan fingerprint density at radius 1 is 1.16 bits per heavy atom. The highest BCUT2D eigenvalue weighted by Crippen LogP contribution is 2.24. The lowest BCUT2D eigenvalue weighted by atomic mass is 10.1. The van der Waals surface area contributed by atoms with Gasteiger partial charge in [-0.25, -0.2) is 9.37 Å². The van der Waals surface area contributed by atoms with E-state index in [0.29, 0.717) is 16.8 Å². The van der Waals surface area contributed by atoms with Crippen LogP contribution in [0.2, 0.25) is 0 Å². The van der Waals surface area contributed by atoms with Crippen LogP contribution in [-0.2, 0) is 11.3 Å². The topological polar surface area (TPSA) is 115 Å². The van der Waals surface area contributed by atoms with Gasteiger partial charge in [0.25, 0.3) is 5.56 Å². The van der Waals surface area contributed by atoms with Gasteiger partial charge in [0.1, 0.15) is 18.7 Å². The van der Waals surface area contributed by atoms with Crippen LogP contribution < -0.4 is 5.56 Å². The van der Waals surface area contributed by atoms with Gasteiger partial charge in [0.2, 0.25) is 0 Å². The van der Waals surface area contributed by atoms with E-state index in [4.69, 9.17) is 5.11 Å². The molecule has 3 aromatic heterocycles. The van der Waals surface area contributed by atoms with E-state index in [1.807, 2.05) is 0 Å². The van der Waals surface area contributed by atoms with Crippen molar-refractivity contribution < 1.29 is 14.3 Å². The van der Waals surface area contributed by atoms with Crippen LogP contribution in [-0.4, -0.2) is 40.4 Å². The maximum Gasteiger partial charge on any atom is 0.323 e. The highest BCUT2D eigenvalue weighted by molar-refractivity contribution is 5.81. The summed E-state index contributed by atoms with van der Waals surface area (Å²) in [5.41, 5.74) is 1.08. The molecule has 0 saturated carbocycles. The molecule has 25 heavy (non-hydrogen) atoms. The van der Waals surface area contributed by atoms with Crippen LogP contribution in [0.25, 0.3) is 27.9 Å². The number of fused-ring (bicyclic) bond motifs is 3. The summed E-state index contributed by atoms with van der Waals surface area (Å²) in [6.45, 7) is -0.526. The molecule has 124 valence electrons. The van der Waals surface area contributed by atoms with Crippen molar-refractivity contribution in [3.8, 4) is 11.1 Å². The van der Waals surface area contributed by atoms with E-state index in [1.54, 1.807) is 12.1 Å². The van der Waals surface area contributed by atoms with Crippen LogP contribution in [0.3, 0.4) is 0 Å². The highest BCUT2D eigenvalue weighted by atomic mass is 19.1. The van der Waals surface area contributed by atoms with Gasteiger partial charge in [0.05, 0.1) is 6.20 Å². The van der Waals surface area contributed by atoms with Gasteiger partial charge in [-0.3, -0.25) is 14.2 Å². The number of rotatable bonds is 3. The first-order valence-electron chi connectivity index (χ1n) is 7.12. The third kappa shape index (κ3) is 2.40. The molecule has 0 aliphatic carbocycles. The fourth-order valence-electron chi connectivity index (χ4n) is 2.49. The zero-order valence-electron chi connectivity index (χ0n) is 12.5. The Morgan fingerprint density at radius 3 is 2.64 bits per heavy atom. The number of aliphatic carboxylic acids is 1. The number of hydrogen-bond acceptors (Lipinski definition) is 6. The van der Waals surface area contributed by atoms with Crippen LogP contribution in [0.4, 0.5) is 4.39 Å². The van der Waals surface area contributed by atoms with Crippen molar-refractivity contribution in [2.75, 3.05) is 0 Å². The van der Waals surface area contributed by atoms with Gasteiger partial charge >= 0.3 is 5.97 Å². The lowest BCUT2D eigenvalue weighted by Crippen LogP contribution is -2.26. The van der Waals surface area contributed by atoms with Crippen LogP contribution in [0.5, 0.6) is 0 Å². The predicted octanol–water partition coefficient (Wildman–Crippen LogP) is 0.725. The average Bonchev–Trinajstić information content (AvgIpc) is 3.02. The van der Waals surface area contributed by atoms with Gasteiger partial charge in [0.15, 0.2) is 16.8 Å².